The fourth-order valence-electron chi connectivity index (χ4n) is 2.27. The van der Waals surface area contributed by atoms with Gasteiger partial charge in [0.05, 0.1) is 6.61 Å². The largest absolute Gasteiger partial charge is 0.479 e. The monoisotopic (exact) mass is 304 g/mol. The van der Waals surface area contributed by atoms with Crippen molar-refractivity contribution in [3.05, 3.63) is 40.2 Å². The van der Waals surface area contributed by atoms with E-state index >= 15 is 0 Å². The van der Waals surface area contributed by atoms with Crippen molar-refractivity contribution in [2.45, 2.75) is 39.7 Å². The zero-order valence-corrected chi connectivity index (χ0v) is 13.0. The Hall–Kier alpha value is -2.30. The van der Waals surface area contributed by atoms with Gasteiger partial charge >= 0.3 is 11.6 Å². The summed E-state index contributed by atoms with van der Waals surface area (Å²) in [6.07, 6.45) is 1.03. The molecule has 0 unspecified atom stereocenters. The second kappa shape index (κ2) is 7.11. The van der Waals surface area contributed by atoms with Crippen LogP contribution in [0, 0.1) is 0 Å². The number of fused-ring (bicyclic) bond motifs is 1. The minimum absolute atomic E-state index is 0.305. The molecule has 5 heteroatoms. The van der Waals surface area contributed by atoms with Crippen molar-refractivity contribution in [3.8, 4) is 5.75 Å². The van der Waals surface area contributed by atoms with E-state index in [1.165, 1.54) is 6.07 Å². The highest BCUT2D eigenvalue weighted by Gasteiger charge is 2.16. The molecule has 2 rings (SSSR count). The Morgan fingerprint density at radius 1 is 1.27 bits per heavy atom. The summed E-state index contributed by atoms with van der Waals surface area (Å²) in [4.78, 5) is 23.2. The summed E-state index contributed by atoms with van der Waals surface area (Å²) in [5.74, 6) is 0.0358. The van der Waals surface area contributed by atoms with Gasteiger partial charge < -0.3 is 13.9 Å². The molecule has 1 aromatic carbocycles. The molecule has 1 heterocycles. The van der Waals surface area contributed by atoms with Gasteiger partial charge in [-0.1, -0.05) is 13.3 Å². The molecule has 0 aliphatic heterocycles. The maximum atomic E-state index is 11.6. The Balaban J connectivity index is 2.30. The quantitative estimate of drug-likeness (QED) is 0.606. The molecule has 0 fully saturated rings. The van der Waals surface area contributed by atoms with Gasteiger partial charge in [0.15, 0.2) is 6.10 Å². The minimum atomic E-state index is -0.719. The molecule has 1 atom stereocenters. The van der Waals surface area contributed by atoms with E-state index in [0.717, 1.165) is 23.8 Å². The van der Waals surface area contributed by atoms with Crippen LogP contribution in [0.15, 0.2) is 33.5 Å². The van der Waals surface area contributed by atoms with Gasteiger partial charge in [0.2, 0.25) is 0 Å². The topological polar surface area (TPSA) is 65.7 Å². The number of hydrogen-bond acceptors (Lipinski definition) is 5. The standard InChI is InChI=1S/C17H20O5/c1-4-6-12-9-16(18)22-15-10-13(7-8-14(12)15)21-11(3)17(19)20-5-2/h7-11H,4-6H2,1-3H3/t11-/m1/s1. The molecule has 0 radical (unpaired) electrons. The summed E-state index contributed by atoms with van der Waals surface area (Å²) >= 11 is 0. The predicted molar refractivity (Wildman–Crippen MR) is 83.2 cm³/mol. The number of carbonyl (C=O) groups excluding carboxylic acids is 1. The molecule has 118 valence electrons. The first-order chi connectivity index (χ1) is 10.5. The molecule has 5 nitrogen and oxygen atoms in total. The number of rotatable bonds is 6. The average Bonchev–Trinajstić information content (AvgIpc) is 2.47. The molecule has 0 amide bonds. The van der Waals surface area contributed by atoms with Crippen molar-refractivity contribution in [1.29, 1.82) is 0 Å². The third kappa shape index (κ3) is 3.67. The molecule has 0 aliphatic rings. The molecule has 2 aromatic rings. The molecular weight excluding hydrogens is 284 g/mol. The van der Waals surface area contributed by atoms with Crippen molar-refractivity contribution in [2.24, 2.45) is 0 Å². The number of esters is 1. The van der Waals surface area contributed by atoms with Gasteiger partial charge in [0.1, 0.15) is 11.3 Å². The Morgan fingerprint density at radius 2 is 2.05 bits per heavy atom. The molecule has 22 heavy (non-hydrogen) atoms. The van der Waals surface area contributed by atoms with Gasteiger partial charge in [-0.25, -0.2) is 9.59 Å². The van der Waals surface area contributed by atoms with Crippen LogP contribution in [0.1, 0.15) is 32.8 Å². The number of benzene rings is 1. The summed E-state index contributed by atoms with van der Waals surface area (Å²) in [5, 5.41) is 0.887. The fraction of sp³-hybridized carbons (Fsp3) is 0.412. The number of hydrogen-bond donors (Lipinski definition) is 0. The SMILES string of the molecule is CCCc1cc(=O)oc2cc(O[C@H](C)C(=O)OCC)ccc12. The van der Waals surface area contributed by atoms with E-state index in [0.29, 0.717) is 17.9 Å². The van der Waals surface area contributed by atoms with E-state index in [2.05, 4.69) is 6.92 Å². The van der Waals surface area contributed by atoms with E-state index in [1.807, 2.05) is 6.07 Å². The normalized spacial score (nSPS) is 12.1. The van der Waals surface area contributed by atoms with E-state index in [4.69, 9.17) is 13.9 Å². The maximum Gasteiger partial charge on any atom is 0.347 e. The van der Waals surface area contributed by atoms with Gasteiger partial charge in [-0.15, -0.1) is 0 Å². The molecule has 1 aromatic heterocycles. The van der Waals surface area contributed by atoms with Crippen LogP contribution in [-0.4, -0.2) is 18.7 Å². The van der Waals surface area contributed by atoms with E-state index in [9.17, 15) is 9.59 Å². The van der Waals surface area contributed by atoms with Crippen molar-refractivity contribution in [1.82, 2.24) is 0 Å². The zero-order valence-electron chi connectivity index (χ0n) is 13.0. The molecular formula is C17H20O5. The van der Waals surface area contributed by atoms with Crippen LogP contribution in [0.3, 0.4) is 0 Å². The lowest BCUT2D eigenvalue weighted by molar-refractivity contribution is -0.150. The Morgan fingerprint density at radius 3 is 2.73 bits per heavy atom. The van der Waals surface area contributed by atoms with Gasteiger partial charge in [0, 0.05) is 17.5 Å². The number of aryl methyl sites for hydroxylation is 1. The van der Waals surface area contributed by atoms with Gasteiger partial charge in [0.25, 0.3) is 0 Å². The molecule has 0 spiro atoms. The maximum absolute atomic E-state index is 11.6. The van der Waals surface area contributed by atoms with Crippen molar-refractivity contribution in [3.63, 3.8) is 0 Å². The fourth-order valence-corrected chi connectivity index (χ4v) is 2.27. The minimum Gasteiger partial charge on any atom is -0.479 e. The van der Waals surface area contributed by atoms with Crippen molar-refractivity contribution >= 4 is 16.9 Å². The predicted octanol–water partition coefficient (Wildman–Crippen LogP) is 3.08. The van der Waals surface area contributed by atoms with Crippen LogP contribution >= 0.6 is 0 Å². The highest BCUT2D eigenvalue weighted by molar-refractivity contribution is 5.82. The Labute approximate surface area is 128 Å². The summed E-state index contributed by atoms with van der Waals surface area (Å²) in [5.41, 5.74) is 1.04. The van der Waals surface area contributed by atoms with Crippen molar-refractivity contribution < 1.29 is 18.7 Å². The number of carbonyl (C=O) groups is 1. The lowest BCUT2D eigenvalue weighted by Crippen LogP contribution is -2.26. The molecule has 0 saturated carbocycles. The lowest BCUT2D eigenvalue weighted by Gasteiger charge is -2.14. The molecule has 0 N–H and O–H groups in total. The summed E-state index contributed by atoms with van der Waals surface area (Å²) < 4.78 is 15.7. The van der Waals surface area contributed by atoms with Gasteiger partial charge in [-0.05, 0) is 38.0 Å². The van der Waals surface area contributed by atoms with Crippen LogP contribution in [0.2, 0.25) is 0 Å². The van der Waals surface area contributed by atoms with E-state index in [1.54, 1.807) is 26.0 Å². The van der Waals surface area contributed by atoms with Crippen LogP contribution in [0.25, 0.3) is 11.0 Å². The third-order valence-electron chi connectivity index (χ3n) is 3.25. The molecule has 0 aliphatic carbocycles. The highest BCUT2D eigenvalue weighted by Crippen LogP contribution is 2.24. The Bertz CT molecular complexity index is 717. The van der Waals surface area contributed by atoms with Crippen LogP contribution in [-0.2, 0) is 16.0 Å². The van der Waals surface area contributed by atoms with Gasteiger partial charge in [-0.2, -0.15) is 0 Å². The lowest BCUT2D eigenvalue weighted by atomic mass is 10.1. The third-order valence-corrected chi connectivity index (χ3v) is 3.25. The van der Waals surface area contributed by atoms with Crippen LogP contribution in [0.4, 0.5) is 0 Å². The summed E-state index contributed by atoms with van der Waals surface area (Å²) in [6, 6.07) is 6.76. The first kappa shape index (κ1) is 16.1. The average molecular weight is 304 g/mol. The van der Waals surface area contributed by atoms with E-state index < -0.39 is 12.1 Å². The van der Waals surface area contributed by atoms with Crippen molar-refractivity contribution in [2.75, 3.05) is 6.61 Å². The van der Waals surface area contributed by atoms with Crippen LogP contribution in [0.5, 0.6) is 5.75 Å². The zero-order chi connectivity index (χ0) is 16.1. The second-order valence-electron chi connectivity index (χ2n) is 5.01. The Kier molecular flexibility index (Phi) is 5.20. The summed E-state index contributed by atoms with van der Waals surface area (Å²) in [6.45, 7) is 5.72. The first-order valence-corrected chi connectivity index (χ1v) is 7.45. The number of ether oxygens (including phenoxy) is 2. The second-order valence-corrected chi connectivity index (χ2v) is 5.01. The van der Waals surface area contributed by atoms with Crippen LogP contribution < -0.4 is 10.4 Å². The summed E-state index contributed by atoms with van der Waals surface area (Å²) in [7, 11) is 0. The van der Waals surface area contributed by atoms with E-state index in [-0.39, 0.29) is 5.63 Å². The molecule has 0 bridgehead atoms. The highest BCUT2D eigenvalue weighted by atomic mass is 16.6. The first-order valence-electron chi connectivity index (χ1n) is 7.45. The van der Waals surface area contributed by atoms with Gasteiger partial charge in [-0.3, -0.25) is 0 Å². The smallest absolute Gasteiger partial charge is 0.347 e. The molecule has 0 saturated heterocycles.